The number of benzene rings is 2. The molecule has 2 heterocycles. The van der Waals surface area contributed by atoms with Crippen LogP contribution in [0.4, 0.5) is 10.5 Å². The van der Waals surface area contributed by atoms with Crippen LogP contribution >= 0.6 is 22.9 Å². The molecule has 4 rings (SSSR count). The summed E-state index contributed by atoms with van der Waals surface area (Å²) in [6.45, 7) is 11.5. The van der Waals surface area contributed by atoms with E-state index in [2.05, 4.69) is 10.6 Å². The number of carbonyl (C=O) groups is 4. The number of hydrogen-bond acceptors (Lipinski definition) is 7. The van der Waals surface area contributed by atoms with Crippen molar-refractivity contribution in [1.82, 2.24) is 10.2 Å². The van der Waals surface area contributed by atoms with Gasteiger partial charge < -0.3 is 20.1 Å². The molecule has 1 aromatic heterocycles. The molecule has 0 unspecified atom stereocenters. The van der Waals surface area contributed by atoms with Gasteiger partial charge in [-0.05, 0) is 94.6 Å². The third-order valence-electron chi connectivity index (χ3n) is 6.07. The summed E-state index contributed by atoms with van der Waals surface area (Å²) in [5.41, 5.74) is 2.03. The normalized spacial score (nSPS) is 12.9. The molecule has 0 aliphatic carbocycles. The van der Waals surface area contributed by atoms with Crippen LogP contribution in [0, 0.1) is 0 Å². The van der Waals surface area contributed by atoms with Gasteiger partial charge in [0.1, 0.15) is 11.2 Å². The molecule has 0 bridgehead atoms. The second-order valence-corrected chi connectivity index (χ2v) is 13.6. The highest BCUT2D eigenvalue weighted by atomic mass is 35.5. The van der Waals surface area contributed by atoms with Gasteiger partial charge in [0, 0.05) is 30.9 Å². The monoisotopic (exact) mass is 611 g/mol. The van der Waals surface area contributed by atoms with E-state index in [1.165, 1.54) is 6.07 Å². The van der Waals surface area contributed by atoms with Crippen LogP contribution in [-0.4, -0.2) is 40.0 Å². The fourth-order valence-corrected chi connectivity index (χ4v) is 5.16. The lowest BCUT2D eigenvalue weighted by Crippen LogP contribution is -2.33. The lowest BCUT2D eigenvalue weighted by Gasteiger charge is -2.24. The summed E-state index contributed by atoms with van der Waals surface area (Å²) < 4.78 is 11.5. The van der Waals surface area contributed by atoms with E-state index >= 15 is 0 Å². The van der Waals surface area contributed by atoms with E-state index in [1.807, 2.05) is 26.8 Å². The Bertz CT molecular complexity index is 1540. The van der Waals surface area contributed by atoms with Gasteiger partial charge in [-0.1, -0.05) is 23.7 Å². The lowest BCUT2D eigenvalue weighted by molar-refractivity contribution is 0.00685. The van der Waals surface area contributed by atoms with Gasteiger partial charge in [-0.2, -0.15) is 0 Å². The molecule has 222 valence electrons. The molecule has 3 aromatic rings. The summed E-state index contributed by atoms with van der Waals surface area (Å²) in [6, 6.07) is 13.3. The predicted molar refractivity (Wildman–Crippen MR) is 162 cm³/mol. The molecule has 2 aromatic carbocycles. The van der Waals surface area contributed by atoms with Crippen molar-refractivity contribution < 1.29 is 28.7 Å². The van der Waals surface area contributed by atoms with Gasteiger partial charge in [-0.25, -0.2) is 9.59 Å². The van der Waals surface area contributed by atoms with E-state index in [-0.39, 0.29) is 18.0 Å². The van der Waals surface area contributed by atoms with Crippen LogP contribution in [0.3, 0.4) is 0 Å². The molecule has 2 N–H and O–H groups in total. The van der Waals surface area contributed by atoms with Crippen molar-refractivity contribution >= 4 is 52.5 Å². The number of amides is 3. The van der Waals surface area contributed by atoms with Gasteiger partial charge in [0.15, 0.2) is 0 Å². The molecule has 0 atom stereocenters. The quantitative estimate of drug-likeness (QED) is 0.297. The third kappa shape index (κ3) is 8.10. The summed E-state index contributed by atoms with van der Waals surface area (Å²) in [7, 11) is 0. The van der Waals surface area contributed by atoms with Gasteiger partial charge in [0.05, 0.1) is 14.8 Å². The Morgan fingerprint density at radius 2 is 1.50 bits per heavy atom. The van der Waals surface area contributed by atoms with E-state index in [9.17, 15) is 19.2 Å². The fourth-order valence-electron chi connectivity index (χ4n) is 4.20. The molecule has 1 aliphatic rings. The van der Waals surface area contributed by atoms with Crippen LogP contribution in [0.2, 0.25) is 4.34 Å². The van der Waals surface area contributed by atoms with Crippen molar-refractivity contribution in [3.8, 4) is 0 Å². The van der Waals surface area contributed by atoms with E-state index in [1.54, 1.807) is 62.1 Å². The number of nitrogens with zero attached hydrogens (tertiary/aromatic N) is 1. The van der Waals surface area contributed by atoms with Crippen molar-refractivity contribution in [3.63, 3.8) is 0 Å². The largest absolute Gasteiger partial charge is 0.456 e. The Hall–Kier alpha value is -3.89. The van der Waals surface area contributed by atoms with Crippen LogP contribution in [-0.2, 0) is 29.1 Å². The third-order valence-corrected chi connectivity index (χ3v) is 7.30. The Kier molecular flexibility index (Phi) is 8.98. The summed E-state index contributed by atoms with van der Waals surface area (Å²) >= 11 is 7.12. The first-order valence-electron chi connectivity index (χ1n) is 13.4. The number of anilines is 1. The van der Waals surface area contributed by atoms with E-state index in [4.69, 9.17) is 21.1 Å². The molecular formula is C31H34ClN3O6S. The van der Waals surface area contributed by atoms with Crippen LogP contribution in [0.15, 0.2) is 48.5 Å². The second-order valence-electron chi connectivity index (χ2n) is 11.9. The SMILES string of the molecule is CC(C)(C)OC(=O)c1ccc(CNC(=O)c2ccc(Cl)s2)c(NC(=O)c2ccc3c(c2)CN(C(=O)OC(C)(C)C)C3)c1. The molecule has 0 radical (unpaired) electrons. The zero-order chi connectivity index (χ0) is 30.8. The van der Waals surface area contributed by atoms with Crippen molar-refractivity contribution in [2.24, 2.45) is 0 Å². The van der Waals surface area contributed by atoms with Gasteiger partial charge in [0.25, 0.3) is 11.8 Å². The molecule has 0 spiro atoms. The molecule has 3 amide bonds. The number of halogens is 1. The highest BCUT2D eigenvalue weighted by Crippen LogP contribution is 2.27. The number of esters is 1. The number of thiophene rings is 1. The fraction of sp³-hybridized carbons (Fsp3) is 0.355. The minimum Gasteiger partial charge on any atom is -0.456 e. The predicted octanol–water partition coefficient (Wildman–Crippen LogP) is 6.79. The van der Waals surface area contributed by atoms with Gasteiger partial charge in [-0.3, -0.25) is 14.5 Å². The van der Waals surface area contributed by atoms with Crippen molar-refractivity contribution in [2.75, 3.05) is 5.32 Å². The molecule has 0 fully saturated rings. The molecule has 1 aliphatic heterocycles. The highest BCUT2D eigenvalue weighted by Gasteiger charge is 2.28. The summed E-state index contributed by atoms with van der Waals surface area (Å²) in [5.74, 6) is -1.26. The molecular weight excluding hydrogens is 578 g/mol. The van der Waals surface area contributed by atoms with Crippen molar-refractivity contribution in [1.29, 1.82) is 0 Å². The van der Waals surface area contributed by atoms with Crippen LogP contribution < -0.4 is 10.6 Å². The average molecular weight is 612 g/mol. The van der Waals surface area contributed by atoms with Crippen LogP contribution in [0.1, 0.15) is 88.6 Å². The molecule has 0 saturated heterocycles. The number of hydrogen-bond donors (Lipinski definition) is 2. The number of rotatable bonds is 6. The summed E-state index contributed by atoms with van der Waals surface area (Å²) in [5, 5.41) is 5.72. The Morgan fingerprint density at radius 1 is 0.833 bits per heavy atom. The molecule has 9 nitrogen and oxygen atoms in total. The van der Waals surface area contributed by atoms with Gasteiger partial charge in [0.2, 0.25) is 0 Å². The lowest BCUT2D eigenvalue weighted by atomic mass is 10.0. The standard InChI is InChI=1S/C31H34ClN3O6S/c1-30(2,3)40-28(38)19-8-9-20(15-33-27(37)24-11-12-25(32)42-24)23(14-19)34-26(36)18-7-10-21-16-35(17-22(21)13-18)29(39)41-31(4,5)6/h7-14H,15-17H2,1-6H3,(H,33,37)(H,34,36). The Balaban J connectivity index is 1.54. The van der Waals surface area contributed by atoms with Crippen LogP contribution in [0.5, 0.6) is 0 Å². The number of ether oxygens (including phenoxy) is 2. The van der Waals surface area contributed by atoms with E-state index < -0.39 is 29.2 Å². The smallest absolute Gasteiger partial charge is 0.410 e. The zero-order valence-electron chi connectivity index (χ0n) is 24.4. The minimum absolute atomic E-state index is 0.0909. The number of carbonyl (C=O) groups excluding carboxylic acids is 4. The zero-order valence-corrected chi connectivity index (χ0v) is 26.0. The molecule has 42 heavy (non-hydrogen) atoms. The first-order chi connectivity index (χ1) is 19.6. The van der Waals surface area contributed by atoms with Gasteiger partial charge in [-0.15, -0.1) is 11.3 Å². The Labute approximate surface area is 254 Å². The first kappa shape index (κ1) is 31.1. The highest BCUT2D eigenvalue weighted by molar-refractivity contribution is 7.18. The van der Waals surface area contributed by atoms with E-state index in [0.29, 0.717) is 39.1 Å². The second kappa shape index (κ2) is 12.1. The average Bonchev–Trinajstić information content (AvgIpc) is 3.51. The molecule has 11 heteroatoms. The maximum Gasteiger partial charge on any atom is 0.410 e. The van der Waals surface area contributed by atoms with Crippen molar-refractivity contribution in [2.45, 2.75) is 72.4 Å². The Morgan fingerprint density at radius 3 is 2.14 bits per heavy atom. The number of fused-ring (bicyclic) bond motifs is 1. The van der Waals surface area contributed by atoms with Crippen LogP contribution in [0.25, 0.3) is 0 Å². The summed E-state index contributed by atoms with van der Waals surface area (Å²) in [6.07, 6.45) is -0.417. The van der Waals surface area contributed by atoms with E-state index in [0.717, 1.165) is 22.5 Å². The maximum absolute atomic E-state index is 13.4. The molecule has 0 saturated carbocycles. The number of nitrogens with one attached hydrogen (secondary N) is 2. The van der Waals surface area contributed by atoms with Crippen molar-refractivity contribution in [3.05, 3.63) is 85.6 Å². The summed E-state index contributed by atoms with van der Waals surface area (Å²) in [4.78, 5) is 53.4. The topological polar surface area (TPSA) is 114 Å². The first-order valence-corrected chi connectivity index (χ1v) is 14.6. The van der Waals surface area contributed by atoms with Gasteiger partial charge >= 0.3 is 12.1 Å². The maximum atomic E-state index is 13.4. The minimum atomic E-state index is -0.702.